The summed E-state index contributed by atoms with van der Waals surface area (Å²) in [5.74, 6) is -0.679. The van der Waals surface area contributed by atoms with Gasteiger partial charge in [-0.1, -0.05) is 48.0 Å². The molecule has 3 aromatic rings. The summed E-state index contributed by atoms with van der Waals surface area (Å²) in [6.07, 6.45) is 0. The highest BCUT2D eigenvalue weighted by atomic mass is 16.2. The van der Waals surface area contributed by atoms with E-state index in [9.17, 15) is 9.59 Å². The van der Waals surface area contributed by atoms with Gasteiger partial charge in [0.25, 0.3) is 5.91 Å². The van der Waals surface area contributed by atoms with E-state index in [0.29, 0.717) is 5.69 Å². The van der Waals surface area contributed by atoms with E-state index in [2.05, 4.69) is 15.7 Å². The summed E-state index contributed by atoms with van der Waals surface area (Å²) in [6.45, 7) is 1.90. The van der Waals surface area contributed by atoms with Gasteiger partial charge in [-0.3, -0.25) is 14.3 Å². The van der Waals surface area contributed by atoms with Gasteiger partial charge in [0.15, 0.2) is 5.69 Å². The molecule has 0 saturated carbocycles. The molecule has 0 spiro atoms. The fraction of sp³-hybridized carbons (Fsp3) is 0.150. The molecule has 3 rings (SSSR count). The number of rotatable bonds is 5. The molecule has 1 heterocycles. The van der Waals surface area contributed by atoms with Gasteiger partial charge in [0.2, 0.25) is 5.91 Å². The van der Waals surface area contributed by atoms with Gasteiger partial charge in [0.05, 0.1) is 12.2 Å². The Kier molecular flexibility index (Phi) is 5.12. The molecule has 132 valence electrons. The third kappa shape index (κ3) is 4.16. The van der Waals surface area contributed by atoms with Crippen LogP contribution < -0.4 is 10.6 Å². The molecule has 2 amide bonds. The first kappa shape index (κ1) is 17.4. The lowest BCUT2D eigenvalue weighted by Gasteiger charge is -2.05. The smallest absolute Gasteiger partial charge is 0.272 e. The Bertz CT molecular complexity index is 915. The fourth-order valence-electron chi connectivity index (χ4n) is 2.55. The van der Waals surface area contributed by atoms with Crippen molar-refractivity contribution in [3.05, 3.63) is 71.9 Å². The molecule has 6 heteroatoms. The molecule has 0 unspecified atom stereocenters. The highest BCUT2D eigenvalue weighted by Crippen LogP contribution is 2.20. The summed E-state index contributed by atoms with van der Waals surface area (Å²) in [5, 5.41) is 9.55. The number of anilines is 1. The third-order valence-corrected chi connectivity index (χ3v) is 3.93. The molecule has 0 atom stereocenters. The lowest BCUT2D eigenvalue weighted by Crippen LogP contribution is -2.33. The van der Waals surface area contributed by atoms with Crippen LogP contribution in [-0.2, 0) is 11.8 Å². The topological polar surface area (TPSA) is 76.0 Å². The molecule has 26 heavy (non-hydrogen) atoms. The van der Waals surface area contributed by atoms with Gasteiger partial charge in [0.1, 0.15) is 0 Å². The van der Waals surface area contributed by atoms with Crippen molar-refractivity contribution < 1.29 is 9.59 Å². The molecule has 1 aromatic heterocycles. The Balaban J connectivity index is 1.62. The third-order valence-electron chi connectivity index (χ3n) is 3.93. The van der Waals surface area contributed by atoms with Crippen molar-refractivity contribution in [3.8, 4) is 11.3 Å². The van der Waals surface area contributed by atoms with Gasteiger partial charge in [-0.25, -0.2) is 0 Å². The number of carbonyl (C=O) groups excluding carboxylic acids is 2. The van der Waals surface area contributed by atoms with Crippen LogP contribution in [0.4, 0.5) is 5.69 Å². The van der Waals surface area contributed by atoms with Crippen LogP contribution in [0, 0.1) is 6.92 Å². The minimum absolute atomic E-state index is 0.121. The maximum Gasteiger partial charge on any atom is 0.272 e. The zero-order chi connectivity index (χ0) is 18.5. The van der Waals surface area contributed by atoms with Crippen LogP contribution in [0.2, 0.25) is 0 Å². The number of nitrogens with one attached hydrogen (secondary N) is 2. The Morgan fingerprint density at radius 1 is 1.04 bits per heavy atom. The van der Waals surface area contributed by atoms with Gasteiger partial charge >= 0.3 is 0 Å². The second kappa shape index (κ2) is 7.65. The van der Waals surface area contributed by atoms with Gasteiger partial charge in [-0.2, -0.15) is 5.10 Å². The lowest BCUT2D eigenvalue weighted by atomic mass is 10.1. The van der Waals surface area contributed by atoms with E-state index in [1.165, 1.54) is 5.56 Å². The monoisotopic (exact) mass is 348 g/mol. The van der Waals surface area contributed by atoms with Crippen molar-refractivity contribution in [2.45, 2.75) is 6.92 Å². The fourth-order valence-corrected chi connectivity index (χ4v) is 2.55. The average molecular weight is 348 g/mol. The number of hydrogen-bond donors (Lipinski definition) is 2. The molecule has 0 bridgehead atoms. The molecule has 2 aromatic carbocycles. The SMILES string of the molecule is Cc1ccc(-c2cc(C(=O)NCC(=O)Nc3ccccc3)nn2C)cc1. The minimum atomic E-state index is -0.387. The number of aryl methyl sites for hydroxylation is 2. The summed E-state index contributed by atoms with van der Waals surface area (Å²) < 4.78 is 1.66. The highest BCUT2D eigenvalue weighted by Gasteiger charge is 2.15. The average Bonchev–Trinajstić information content (AvgIpc) is 3.03. The van der Waals surface area contributed by atoms with E-state index in [4.69, 9.17) is 0 Å². The number of carbonyl (C=O) groups is 2. The van der Waals surface area contributed by atoms with E-state index < -0.39 is 0 Å². The molecule has 0 fully saturated rings. The molecule has 6 nitrogen and oxygen atoms in total. The zero-order valence-electron chi connectivity index (χ0n) is 14.7. The summed E-state index contributed by atoms with van der Waals surface area (Å²) in [5.41, 5.74) is 3.94. The second-order valence-corrected chi connectivity index (χ2v) is 6.00. The van der Waals surface area contributed by atoms with Crippen LogP contribution in [0.15, 0.2) is 60.7 Å². The van der Waals surface area contributed by atoms with Crippen LogP contribution >= 0.6 is 0 Å². The van der Waals surface area contributed by atoms with Crippen molar-refractivity contribution in [2.24, 2.45) is 7.05 Å². The first-order valence-electron chi connectivity index (χ1n) is 8.27. The molecule has 0 aliphatic heterocycles. The van der Waals surface area contributed by atoms with E-state index >= 15 is 0 Å². The molecule has 2 N–H and O–H groups in total. The molecule has 0 radical (unpaired) electrons. The van der Waals surface area contributed by atoms with Gasteiger partial charge in [0, 0.05) is 12.7 Å². The maximum absolute atomic E-state index is 12.3. The van der Waals surface area contributed by atoms with Crippen LogP contribution in [0.25, 0.3) is 11.3 Å². The van der Waals surface area contributed by atoms with E-state index in [-0.39, 0.29) is 24.1 Å². The number of benzene rings is 2. The van der Waals surface area contributed by atoms with E-state index in [0.717, 1.165) is 11.3 Å². The number of aromatic nitrogens is 2. The predicted molar refractivity (Wildman–Crippen MR) is 101 cm³/mol. The quantitative estimate of drug-likeness (QED) is 0.744. The first-order chi connectivity index (χ1) is 12.5. The molecule has 0 saturated heterocycles. The molecule has 0 aliphatic carbocycles. The minimum Gasteiger partial charge on any atom is -0.342 e. The largest absolute Gasteiger partial charge is 0.342 e. The first-order valence-corrected chi connectivity index (χ1v) is 8.27. The number of amides is 2. The van der Waals surface area contributed by atoms with E-state index in [1.54, 1.807) is 29.9 Å². The van der Waals surface area contributed by atoms with Crippen LogP contribution in [0.3, 0.4) is 0 Å². The van der Waals surface area contributed by atoms with Crippen LogP contribution in [0.1, 0.15) is 16.1 Å². The summed E-state index contributed by atoms with van der Waals surface area (Å²) in [7, 11) is 1.79. The van der Waals surface area contributed by atoms with E-state index in [1.807, 2.05) is 49.4 Å². The Labute approximate surface area is 151 Å². The summed E-state index contributed by atoms with van der Waals surface area (Å²) in [6, 6.07) is 18.8. The number of para-hydroxylation sites is 1. The summed E-state index contributed by atoms with van der Waals surface area (Å²) in [4.78, 5) is 24.2. The van der Waals surface area contributed by atoms with Gasteiger partial charge < -0.3 is 10.6 Å². The summed E-state index contributed by atoms with van der Waals surface area (Å²) >= 11 is 0. The number of nitrogens with zero attached hydrogens (tertiary/aromatic N) is 2. The van der Waals surface area contributed by atoms with Crippen molar-refractivity contribution >= 4 is 17.5 Å². The van der Waals surface area contributed by atoms with Crippen LogP contribution in [0.5, 0.6) is 0 Å². The van der Waals surface area contributed by atoms with Crippen molar-refractivity contribution in [3.63, 3.8) is 0 Å². The normalized spacial score (nSPS) is 10.4. The van der Waals surface area contributed by atoms with Crippen molar-refractivity contribution in [1.82, 2.24) is 15.1 Å². The maximum atomic E-state index is 12.3. The highest BCUT2D eigenvalue weighted by molar-refractivity contribution is 5.98. The Hall–Kier alpha value is -3.41. The van der Waals surface area contributed by atoms with Crippen molar-refractivity contribution in [2.75, 3.05) is 11.9 Å². The van der Waals surface area contributed by atoms with Crippen LogP contribution in [-0.4, -0.2) is 28.1 Å². The second-order valence-electron chi connectivity index (χ2n) is 6.00. The standard InChI is InChI=1S/C20H20N4O2/c1-14-8-10-15(11-9-14)18-12-17(23-24(18)2)20(26)21-13-19(25)22-16-6-4-3-5-7-16/h3-12H,13H2,1-2H3,(H,21,26)(H,22,25). The zero-order valence-corrected chi connectivity index (χ0v) is 14.7. The molecule has 0 aliphatic rings. The van der Waals surface area contributed by atoms with Crippen molar-refractivity contribution in [1.29, 1.82) is 0 Å². The molecular formula is C20H20N4O2. The Morgan fingerprint density at radius 2 is 1.73 bits per heavy atom. The lowest BCUT2D eigenvalue weighted by molar-refractivity contribution is -0.115. The number of hydrogen-bond acceptors (Lipinski definition) is 3. The molecular weight excluding hydrogens is 328 g/mol. The predicted octanol–water partition coefficient (Wildman–Crippen LogP) is 2.76. The Morgan fingerprint density at radius 3 is 2.42 bits per heavy atom. The van der Waals surface area contributed by atoms with Gasteiger partial charge in [-0.05, 0) is 30.7 Å². The van der Waals surface area contributed by atoms with Gasteiger partial charge in [-0.15, -0.1) is 0 Å².